The van der Waals surface area contributed by atoms with Crippen LogP contribution >= 0.6 is 11.3 Å². The van der Waals surface area contributed by atoms with Gasteiger partial charge in [-0.2, -0.15) is 0 Å². The fourth-order valence-corrected chi connectivity index (χ4v) is 2.81. The van der Waals surface area contributed by atoms with Gasteiger partial charge < -0.3 is 5.32 Å². The summed E-state index contributed by atoms with van der Waals surface area (Å²) in [6, 6.07) is 5.26. The standard InChI is InChI=1S/C14H16N4O2S/c1-2-5-17-14(20)12-10(9-3-6-16-7-4-9)8-11(21-12)13(19)18-15/h3-4,6-8H,2,5,15H2,1H3,(H,17,20)(H,18,19). The predicted molar refractivity (Wildman–Crippen MR) is 81.8 cm³/mol. The first-order valence-corrected chi connectivity index (χ1v) is 7.32. The summed E-state index contributed by atoms with van der Waals surface area (Å²) in [6.07, 6.45) is 4.13. The molecule has 4 N–H and O–H groups in total. The number of hydrogen-bond acceptors (Lipinski definition) is 5. The molecule has 0 aromatic carbocycles. The Morgan fingerprint density at radius 3 is 2.62 bits per heavy atom. The van der Waals surface area contributed by atoms with Gasteiger partial charge in [0.2, 0.25) is 0 Å². The highest BCUT2D eigenvalue weighted by molar-refractivity contribution is 7.16. The lowest BCUT2D eigenvalue weighted by molar-refractivity contribution is 0.0951. The maximum atomic E-state index is 12.2. The van der Waals surface area contributed by atoms with Gasteiger partial charge in [-0.1, -0.05) is 6.92 Å². The van der Waals surface area contributed by atoms with Crippen LogP contribution in [-0.4, -0.2) is 23.3 Å². The molecular formula is C14H16N4O2S. The average molecular weight is 304 g/mol. The minimum absolute atomic E-state index is 0.190. The van der Waals surface area contributed by atoms with Crippen molar-refractivity contribution in [1.29, 1.82) is 0 Å². The van der Waals surface area contributed by atoms with E-state index in [0.717, 1.165) is 23.3 Å². The van der Waals surface area contributed by atoms with E-state index in [1.165, 1.54) is 0 Å². The quantitative estimate of drug-likeness (QED) is 0.443. The number of carbonyl (C=O) groups excluding carboxylic acids is 2. The van der Waals surface area contributed by atoms with Crippen molar-refractivity contribution in [2.75, 3.05) is 6.54 Å². The number of carbonyl (C=O) groups is 2. The topological polar surface area (TPSA) is 97.1 Å². The molecule has 0 saturated carbocycles. The number of hydrazine groups is 1. The van der Waals surface area contributed by atoms with Crippen LogP contribution < -0.4 is 16.6 Å². The molecule has 2 rings (SSSR count). The van der Waals surface area contributed by atoms with Crippen LogP contribution in [0.1, 0.15) is 32.7 Å². The molecule has 110 valence electrons. The summed E-state index contributed by atoms with van der Waals surface area (Å²) in [4.78, 5) is 28.8. The van der Waals surface area contributed by atoms with Crippen molar-refractivity contribution in [3.63, 3.8) is 0 Å². The van der Waals surface area contributed by atoms with Gasteiger partial charge in [0.05, 0.1) is 4.88 Å². The van der Waals surface area contributed by atoms with Gasteiger partial charge in [-0.05, 0) is 30.2 Å². The number of hydrogen-bond donors (Lipinski definition) is 3. The summed E-state index contributed by atoms with van der Waals surface area (Å²) in [6.45, 7) is 2.57. The SMILES string of the molecule is CCCNC(=O)c1sc(C(=O)NN)cc1-c1ccncc1. The number of amides is 2. The summed E-state index contributed by atoms with van der Waals surface area (Å²) in [5.41, 5.74) is 3.62. The molecule has 0 fully saturated rings. The normalized spacial score (nSPS) is 10.2. The van der Waals surface area contributed by atoms with Gasteiger partial charge in [0.25, 0.3) is 11.8 Å². The van der Waals surface area contributed by atoms with Crippen LogP contribution in [0.3, 0.4) is 0 Å². The third-order valence-electron chi connectivity index (χ3n) is 2.82. The summed E-state index contributed by atoms with van der Waals surface area (Å²) in [5, 5.41) is 2.82. The molecule has 2 heterocycles. The maximum Gasteiger partial charge on any atom is 0.275 e. The van der Waals surface area contributed by atoms with E-state index in [2.05, 4.69) is 15.7 Å². The molecule has 0 radical (unpaired) electrons. The van der Waals surface area contributed by atoms with Gasteiger partial charge in [0.1, 0.15) is 4.88 Å². The van der Waals surface area contributed by atoms with Crippen LogP contribution in [0.5, 0.6) is 0 Å². The third kappa shape index (κ3) is 3.45. The monoisotopic (exact) mass is 304 g/mol. The van der Waals surface area contributed by atoms with Gasteiger partial charge in [0, 0.05) is 24.5 Å². The second kappa shape index (κ2) is 6.96. The molecular weight excluding hydrogens is 288 g/mol. The van der Waals surface area contributed by atoms with Crippen molar-refractivity contribution in [1.82, 2.24) is 15.7 Å². The summed E-state index contributed by atoms with van der Waals surface area (Å²) < 4.78 is 0. The fraction of sp³-hybridized carbons (Fsp3) is 0.214. The molecule has 0 unspecified atom stereocenters. The van der Waals surface area contributed by atoms with Crippen LogP contribution in [0.2, 0.25) is 0 Å². The summed E-state index contributed by atoms with van der Waals surface area (Å²) in [7, 11) is 0. The number of nitrogens with one attached hydrogen (secondary N) is 2. The van der Waals surface area contributed by atoms with Gasteiger partial charge >= 0.3 is 0 Å². The highest BCUT2D eigenvalue weighted by atomic mass is 32.1. The van der Waals surface area contributed by atoms with E-state index in [-0.39, 0.29) is 5.91 Å². The van der Waals surface area contributed by atoms with E-state index in [0.29, 0.717) is 21.9 Å². The average Bonchev–Trinajstić information content (AvgIpc) is 2.98. The van der Waals surface area contributed by atoms with Gasteiger partial charge in [-0.15, -0.1) is 11.3 Å². The first-order chi connectivity index (χ1) is 10.2. The van der Waals surface area contributed by atoms with Gasteiger partial charge in [-0.25, -0.2) is 5.84 Å². The second-order valence-corrected chi connectivity index (χ2v) is 5.37. The molecule has 0 atom stereocenters. The first-order valence-electron chi connectivity index (χ1n) is 6.50. The number of nitrogens with two attached hydrogens (primary N) is 1. The zero-order valence-corrected chi connectivity index (χ0v) is 12.4. The summed E-state index contributed by atoms with van der Waals surface area (Å²) >= 11 is 1.12. The first kappa shape index (κ1) is 15.1. The number of pyridine rings is 1. The summed E-state index contributed by atoms with van der Waals surface area (Å²) in [5.74, 6) is 4.55. The minimum Gasteiger partial charge on any atom is -0.351 e. The molecule has 0 saturated heterocycles. The Balaban J connectivity index is 2.44. The van der Waals surface area contributed by atoms with Crippen molar-refractivity contribution < 1.29 is 9.59 Å². The van der Waals surface area contributed by atoms with Crippen molar-refractivity contribution in [2.45, 2.75) is 13.3 Å². The minimum atomic E-state index is -0.412. The van der Waals surface area contributed by atoms with E-state index in [1.807, 2.05) is 6.92 Å². The molecule has 2 aromatic heterocycles. The predicted octanol–water partition coefficient (Wildman–Crippen LogP) is 1.55. The molecule has 0 aliphatic heterocycles. The maximum absolute atomic E-state index is 12.2. The van der Waals surface area contributed by atoms with Gasteiger partial charge in [0.15, 0.2) is 0 Å². The van der Waals surface area contributed by atoms with Crippen molar-refractivity contribution in [2.24, 2.45) is 5.84 Å². The van der Waals surface area contributed by atoms with Crippen LogP contribution in [0, 0.1) is 0 Å². The second-order valence-electron chi connectivity index (χ2n) is 4.32. The van der Waals surface area contributed by atoms with Crippen LogP contribution in [0.4, 0.5) is 0 Å². The van der Waals surface area contributed by atoms with Crippen LogP contribution in [0.15, 0.2) is 30.6 Å². The Labute approximate surface area is 126 Å². The lowest BCUT2D eigenvalue weighted by Crippen LogP contribution is -2.29. The number of rotatable bonds is 5. The van der Waals surface area contributed by atoms with E-state index < -0.39 is 5.91 Å². The number of nitrogens with zero attached hydrogens (tertiary/aromatic N) is 1. The number of thiophene rings is 1. The molecule has 2 amide bonds. The van der Waals surface area contributed by atoms with Crippen LogP contribution in [0.25, 0.3) is 11.1 Å². The third-order valence-corrected chi connectivity index (χ3v) is 3.95. The molecule has 7 heteroatoms. The van der Waals surface area contributed by atoms with Crippen LogP contribution in [-0.2, 0) is 0 Å². The van der Waals surface area contributed by atoms with E-state index in [1.54, 1.807) is 30.6 Å². The molecule has 0 bridgehead atoms. The Kier molecular flexibility index (Phi) is 5.02. The van der Waals surface area contributed by atoms with E-state index >= 15 is 0 Å². The largest absolute Gasteiger partial charge is 0.351 e. The van der Waals surface area contributed by atoms with Gasteiger partial charge in [-0.3, -0.25) is 20.0 Å². The zero-order chi connectivity index (χ0) is 15.2. The Hall–Kier alpha value is -2.25. The van der Waals surface area contributed by atoms with Crippen molar-refractivity contribution >= 4 is 23.2 Å². The van der Waals surface area contributed by atoms with Crippen molar-refractivity contribution in [3.8, 4) is 11.1 Å². The molecule has 2 aromatic rings. The number of nitrogen functional groups attached to an aromatic ring is 1. The van der Waals surface area contributed by atoms with E-state index in [4.69, 9.17) is 5.84 Å². The Bertz CT molecular complexity index is 640. The molecule has 0 aliphatic carbocycles. The van der Waals surface area contributed by atoms with E-state index in [9.17, 15) is 9.59 Å². The highest BCUT2D eigenvalue weighted by Gasteiger charge is 2.20. The molecule has 0 aliphatic rings. The zero-order valence-electron chi connectivity index (χ0n) is 11.6. The fourth-order valence-electron chi connectivity index (χ4n) is 1.81. The Morgan fingerprint density at radius 1 is 1.29 bits per heavy atom. The van der Waals surface area contributed by atoms with Crippen molar-refractivity contribution in [3.05, 3.63) is 40.3 Å². The lowest BCUT2D eigenvalue weighted by Gasteiger charge is -2.04. The highest BCUT2D eigenvalue weighted by Crippen LogP contribution is 2.31. The molecule has 0 spiro atoms. The number of aromatic nitrogens is 1. The lowest BCUT2D eigenvalue weighted by atomic mass is 10.1. The molecule has 6 nitrogen and oxygen atoms in total. The Morgan fingerprint density at radius 2 is 2.00 bits per heavy atom. The molecule has 21 heavy (non-hydrogen) atoms. The smallest absolute Gasteiger partial charge is 0.275 e.